The molecule has 1 N–H and O–H groups in total. The highest BCUT2D eigenvalue weighted by atomic mass is 16.5. The Morgan fingerprint density at radius 3 is 2.61 bits per heavy atom. The normalized spacial score (nSPS) is 16.3. The maximum Gasteiger partial charge on any atom is 0.252 e. The molecule has 0 radical (unpaired) electrons. The molecule has 2 atom stereocenters. The molecule has 1 fully saturated rings. The topological polar surface area (TPSA) is 107 Å². The fraction of sp³-hybridized carbons (Fsp3) is 0.429. The first kappa shape index (κ1) is 25.9. The van der Waals surface area contributed by atoms with Crippen LogP contribution in [0.2, 0.25) is 0 Å². The van der Waals surface area contributed by atoms with E-state index in [-0.39, 0.29) is 17.7 Å². The molecule has 10 nitrogen and oxygen atoms in total. The third kappa shape index (κ3) is 5.71. The van der Waals surface area contributed by atoms with Crippen molar-refractivity contribution in [2.24, 2.45) is 0 Å². The first-order valence-corrected chi connectivity index (χ1v) is 13.0. The number of methoxy groups -OCH3 is 2. The second kappa shape index (κ2) is 11.7. The van der Waals surface area contributed by atoms with Gasteiger partial charge >= 0.3 is 0 Å². The number of aromatic amines is 1. The van der Waals surface area contributed by atoms with E-state index in [1.54, 1.807) is 14.2 Å². The van der Waals surface area contributed by atoms with Crippen molar-refractivity contribution in [2.45, 2.75) is 58.0 Å². The number of nitrogens with one attached hydrogen (secondary N) is 1. The van der Waals surface area contributed by atoms with Crippen LogP contribution in [0.15, 0.2) is 53.3 Å². The minimum Gasteiger partial charge on any atom is -0.497 e. The van der Waals surface area contributed by atoms with E-state index in [1.807, 2.05) is 53.2 Å². The van der Waals surface area contributed by atoms with Gasteiger partial charge in [0.15, 0.2) is 5.82 Å². The SMILES string of the molecule is CC[C@@H](c1nnnn1C[C@H]1CCCO1)N(Cc1ccc(OC)cc1)Cc1cc2cc(OC)ccc2[nH]c1=O. The molecule has 5 rings (SSSR count). The molecule has 1 aliphatic heterocycles. The molecule has 0 amide bonds. The smallest absolute Gasteiger partial charge is 0.252 e. The molecule has 10 heteroatoms. The lowest BCUT2D eigenvalue weighted by Crippen LogP contribution is -2.33. The Balaban J connectivity index is 1.50. The molecule has 38 heavy (non-hydrogen) atoms. The molecule has 200 valence electrons. The highest BCUT2D eigenvalue weighted by Gasteiger charge is 2.28. The number of H-pyrrole nitrogens is 1. The van der Waals surface area contributed by atoms with Gasteiger partial charge in [0.1, 0.15) is 11.5 Å². The summed E-state index contributed by atoms with van der Waals surface area (Å²) in [5, 5.41) is 13.7. The van der Waals surface area contributed by atoms with Crippen LogP contribution in [0, 0.1) is 0 Å². The van der Waals surface area contributed by atoms with E-state index in [0.29, 0.717) is 25.2 Å². The first-order valence-electron chi connectivity index (χ1n) is 13.0. The average molecular weight is 519 g/mol. The summed E-state index contributed by atoms with van der Waals surface area (Å²) in [6.07, 6.45) is 2.93. The number of hydrogen-bond acceptors (Lipinski definition) is 8. The van der Waals surface area contributed by atoms with Gasteiger partial charge in [-0.3, -0.25) is 9.69 Å². The van der Waals surface area contributed by atoms with Gasteiger partial charge in [-0.05, 0) is 71.7 Å². The molecular weight excluding hydrogens is 484 g/mol. The molecular formula is C28H34N6O4. The number of fused-ring (bicyclic) bond motifs is 1. The van der Waals surface area contributed by atoms with Crippen molar-refractivity contribution in [3.8, 4) is 11.5 Å². The van der Waals surface area contributed by atoms with E-state index in [1.165, 1.54) is 0 Å². The number of tetrazole rings is 1. The summed E-state index contributed by atoms with van der Waals surface area (Å²) in [6.45, 7) is 4.53. The lowest BCUT2D eigenvalue weighted by molar-refractivity contribution is 0.0888. The van der Waals surface area contributed by atoms with Gasteiger partial charge in [0.05, 0.1) is 32.9 Å². The van der Waals surface area contributed by atoms with Crippen LogP contribution in [0.1, 0.15) is 49.2 Å². The largest absolute Gasteiger partial charge is 0.497 e. The van der Waals surface area contributed by atoms with Gasteiger partial charge in [-0.1, -0.05) is 19.1 Å². The van der Waals surface area contributed by atoms with E-state index in [2.05, 4.69) is 32.3 Å². The molecule has 2 aromatic carbocycles. The minimum atomic E-state index is -0.117. The number of rotatable bonds is 11. The highest BCUT2D eigenvalue weighted by Crippen LogP contribution is 2.28. The van der Waals surface area contributed by atoms with Gasteiger partial charge in [-0.2, -0.15) is 0 Å². The minimum absolute atomic E-state index is 0.114. The number of hydrogen-bond donors (Lipinski definition) is 1. The Kier molecular flexibility index (Phi) is 8.00. The molecule has 0 aliphatic carbocycles. The Morgan fingerprint density at radius 1 is 1.11 bits per heavy atom. The van der Waals surface area contributed by atoms with Crippen molar-refractivity contribution >= 4 is 10.9 Å². The molecule has 0 saturated carbocycles. The molecule has 4 aromatic rings. The van der Waals surface area contributed by atoms with Crippen molar-refractivity contribution in [3.63, 3.8) is 0 Å². The molecule has 3 heterocycles. The van der Waals surface area contributed by atoms with Crippen LogP contribution in [0.4, 0.5) is 0 Å². The van der Waals surface area contributed by atoms with Gasteiger partial charge in [-0.25, -0.2) is 4.68 Å². The van der Waals surface area contributed by atoms with Gasteiger partial charge in [0.25, 0.3) is 5.56 Å². The zero-order chi connectivity index (χ0) is 26.5. The maximum absolute atomic E-state index is 13.2. The molecule has 1 aliphatic rings. The second-order valence-electron chi connectivity index (χ2n) is 9.61. The number of pyridine rings is 1. The summed E-state index contributed by atoms with van der Waals surface area (Å²) in [4.78, 5) is 18.5. The van der Waals surface area contributed by atoms with E-state index in [9.17, 15) is 4.79 Å². The van der Waals surface area contributed by atoms with Crippen LogP contribution < -0.4 is 15.0 Å². The van der Waals surface area contributed by atoms with Gasteiger partial charge < -0.3 is 19.2 Å². The van der Waals surface area contributed by atoms with Crippen LogP contribution in [0.25, 0.3) is 10.9 Å². The van der Waals surface area contributed by atoms with Crippen LogP contribution in [-0.4, -0.2) is 57.0 Å². The predicted octanol–water partition coefficient (Wildman–Crippen LogP) is 3.86. The van der Waals surface area contributed by atoms with Crippen molar-refractivity contribution in [1.29, 1.82) is 0 Å². The molecule has 2 aromatic heterocycles. The summed E-state index contributed by atoms with van der Waals surface area (Å²) < 4.78 is 18.4. The quantitative estimate of drug-likeness (QED) is 0.319. The number of benzene rings is 2. The Bertz CT molecular complexity index is 1410. The van der Waals surface area contributed by atoms with Crippen molar-refractivity contribution in [3.05, 3.63) is 75.8 Å². The van der Waals surface area contributed by atoms with E-state index in [0.717, 1.165) is 59.7 Å². The standard InChI is InChI=1S/C28H34N6O4/c1-4-26(27-30-31-32-34(27)18-24-6-5-13-38-24)33(16-19-7-9-22(36-2)10-8-19)17-21-14-20-15-23(37-3)11-12-25(20)29-28(21)35/h7-12,14-15,24,26H,4-6,13,16-18H2,1-3H3,(H,29,35)/t24-,26+/m1/s1. The zero-order valence-electron chi connectivity index (χ0n) is 22.1. The van der Waals surface area contributed by atoms with Crippen LogP contribution >= 0.6 is 0 Å². The zero-order valence-corrected chi connectivity index (χ0v) is 22.1. The summed E-state index contributed by atoms with van der Waals surface area (Å²) in [7, 11) is 3.29. The summed E-state index contributed by atoms with van der Waals surface area (Å²) in [5.74, 6) is 2.31. The van der Waals surface area contributed by atoms with Gasteiger partial charge in [0, 0.05) is 36.2 Å². The molecule has 0 unspecified atom stereocenters. The van der Waals surface area contributed by atoms with Crippen LogP contribution in [-0.2, 0) is 24.4 Å². The van der Waals surface area contributed by atoms with Crippen LogP contribution in [0.5, 0.6) is 11.5 Å². The van der Waals surface area contributed by atoms with E-state index >= 15 is 0 Å². The van der Waals surface area contributed by atoms with E-state index in [4.69, 9.17) is 14.2 Å². The fourth-order valence-corrected chi connectivity index (χ4v) is 5.10. The lowest BCUT2D eigenvalue weighted by atomic mass is 10.1. The summed E-state index contributed by atoms with van der Waals surface area (Å²) in [5.41, 5.74) is 2.42. The fourth-order valence-electron chi connectivity index (χ4n) is 5.10. The third-order valence-electron chi connectivity index (χ3n) is 7.13. The molecule has 0 spiro atoms. The average Bonchev–Trinajstić information content (AvgIpc) is 3.62. The first-order chi connectivity index (χ1) is 18.6. The molecule has 0 bridgehead atoms. The van der Waals surface area contributed by atoms with Crippen LogP contribution in [0.3, 0.4) is 0 Å². The van der Waals surface area contributed by atoms with Crippen molar-refractivity contribution in [2.75, 3.05) is 20.8 Å². The summed E-state index contributed by atoms with van der Waals surface area (Å²) >= 11 is 0. The summed E-state index contributed by atoms with van der Waals surface area (Å²) in [6, 6.07) is 15.5. The lowest BCUT2D eigenvalue weighted by Gasteiger charge is -2.30. The van der Waals surface area contributed by atoms with Crippen molar-refractivity contribution in [1.82, 2.24) is 30.1 Å². The second-order valence-corrected chi connectivity index (χ2v) is 9.61. The number of aromatic nitrogens is 5. The van der Waals surface area contributed by atoms with Gasteiger partial charge in [-0.15, -0.1) is 5.10 Å². The van der Waals surface area contributed by atoms with Gasteiger partial charge in [0.2, 0.25) is 0 Å². The van der Waals surface area contributed by atoms with E-state index < -0.39 is 0 Å². The Morgan fingerprint density at radius 2 is 1.89 bits per heavy atom. The Labute approximate surface area is 221 Å². The number of nitrogens with zero attached hydrogens (tertiary/aromatic N) is 5. The third-order valence-corrected chi connectivity index (χ3v) is 7.13. The molecule has 1 saturated heterocycles. The predicted molar refractivity (Wildman–Crippen MR) is 143 cm³/mol. The highest BCUT2D eigenvalue weighted by molar-refractivity contribution is 5.80. The van der Waals surface area contributed by atoms with Crippen molar-refractivity contribution < 1.29 is 14.2 Å². The number of ether oxygens (including phenoxy) is 3. The Hall–Kier alpha value is -3.76. The maximum atomic E-state index is 13.2. The monoisotopic (exact) mass is 518 g/mol.